The number of carbonyl (C=O) groups is 2. The zero-order chi connectivity index (χ0) is 43.1. The van der Waals surface area contributed by atoms with E-state index in [-0.39, 0.29) is 19.4 Å². The summed E-state index contributed by atoms with van der Waals surface area (Å²) < 4.78 is 32.5. The third-order valence-corrected chi connectivity index (χ3v) is 9.68. The summed E-state index contributed by atoms with van der Waals surface area (Å²) in [5.41, 5.74) is 0. The number of phosphoric acid groups is 1. The molecule has 12 nitrogen and oxygen atoms in total. The molecule has 0 rings (SSSR count). The van der Waals surface area contributed by atoms with Crippen LogP contribution in [-0.2, 0) is 32.7 Å². The van der Waals surface area contributed by atoms with Gasteiger partial charge in [0, 0.05) is 12.8 Å². The first kappa shape index (κ1) is 55.3. The molecule has 5 atom stereocenters. The fourth-order valence-electron chi connectivity index (χ4n) is 5.39. The van der Waals surface area contributed by atoms with Crippen LogP contribution in [0.4, 0.5) is 0 Å². The minimum absolute atomic E-state index is 0.00466. The van der Waals surface area contributed by atoms with Crippen LogP contribution in [0.3, 0.4) is 0 Å². The van der Waals surface area contributed by atoms with Gasteiger partial charge in [-0.3, -0.25) is 18.6 Å². The predicted octanol–water partition coefficient (Wildman–Crippen LogP) is 9.08. The zero-order valence-electron chi connectivity index (χ0n) is 35.6. The van der Waals surface area contributed by atoms with Crippen LogP contribution in [0.5, 0.6) is 0 Å². The van der Waals surface area contributed by atoms with E-state index >= 15 is 0 Å². The van der Waals surface area contributed by atoms with E-state index in [2.05, 4.69) is 18.4 Å². The molecule has 0 fully saturated rings. The van der Waals surface area contributed by atoms with Gasteiger partial charge in [-0.15, -0.1) is 0 Å². The van der Waals surface area contributed by atoms with Crippen molar-refractivity contribution in [3.63, 3.8) is 0 Å². The molecule has 0 amide bonds. The van der Waals surface area contributed by atoms with Crippen LogP contribution in [0.1, 0.15) is 143 Å². The summed E-state index contributed by atoms with van der Waals surface area (Å²) in [4.78, 5) is 35.0. The molecule has 0 radical (unpaired) electrons. The number of hydrogen-bond acceptors (Lipinski definition) is 11. The third kappa shape index (κ3) is 38.8. The summed E-state index contributed by atoms with van der Waals surface area (Å²) in [5, 5.41) is 38.3. The van der Waals surface area contributed by atoms with E-state index in [0.717, 1.165) is 31.6 Å². The molecule has 0 aliphatic heterocycles. The number of ether oxygens (including phenoxy) is 2. The van der Waals surface area contributed by atoms with Gasteiger partial charge in [0.1, 0.15) is 12.7 Å². The number of hydrogen-bond donors (Lipinski definition) is 5. The van der Waals surface area contributed by atoms with E-state index in [0.29, 0.717) is 32.1 Å². The van der Waals surface area contributed by atoms with Crippen LogP contribution in [0.2, 0.25) is 0 Å². The van der Waals surface area contributed by atoms with E-state index in [9.17, 15) is 34.4 Å². The Balaban J connectivity index is 4.58. The second-order valence-corrected chi connectivity index (χ2v) is 16.3. The summed E-state index contributed by atoms with van der Waals surface area (Å²) >= 11 is 0. The van der Waals surface area contributed by atoms with Crippen molar-refractivity contribution in [1.82, 2.24) is 0 Å². The molecule has 13 heteroatoms. The maximum Gasteiger partial charge on any atom is 0.472 e. The maximum atomic E-state index is 12.6. The topological polar surface area (TPSA) is 189 Å². The van der Waals surface area contributed by atoms with Gasteiger partial charge in [0.15, 0.2) is 6.10 Å². The van der Waals surface area contributed by atoms with Crippen LogP contribution in [0, 0.1) is 5.92 Å². The summed E-state index contributed by atoms with van der Waals surface area (Å²) in [5.74, 6) is -0.327. The molecular formula is C45H77O12P. The molecule has 5 N–H and O–H groups in total. The Labute approximate surface area is 349 Å². The third-order valence-electron chi connectivity index (χ3n) is 8.73. The number of esters is 2. The van der Waals surface area contributed by atoms with Crippen molar-refractivity contribution < 1.29 is 58.0 Å². The van der Waals surface area contributed by atoms with Crippen LogP contribution < -0.4 is 0 Å². The van der Waals surface area contributed by atoms with Gasteiger partial charge in [0.25, 0.3) is 0 Å². The highest BCUT2D eigenvalue weighted by Crippen LogP contribution is 2.43. The number of phosphoric ester groups is 1. The van der Waals surface area contributed by atoms with Crippen molar-refractivity contribution in [3.8, 4) is 0 Å². The molecule has 0 aromatic rings. The van der Waals surface area contributed by atoms with Crippen LogP contribution in [-0.4, -0.2) is 88.1 Å². The quantitative estimate of drug-likeness (QED) is 0.0131. The number of allylic oxidation sites excluding steroid dienone is 8. The van der Waals surface area contributed by atoms with E-state index in [4.69, 9.17) is 19.1 Å². The number of aliphatic hydroxyl groups is 4. The Kier molecular flexibility index (Phi) is 36.8. The number of rotatable bonds is 38. The van der Waals surface area contributed by atoms with Gasteiger partial charge in [0.2, 0.25) is 0 Å². The molecule has 0 bridgehead atoms. The van der Waals surface area contributed by atoms with E-state index in [1.807, 2.05) is 49.5 Å². The van der Waals surface area contributed by atoms with Gasteiger partial charge in [-0.2, -0.15) is 0 Å². The standard InChI is InChI=1S/C45H77O12P/c1-4-5-21-29-40(47)30-23-17-13-11-14-18-24-31-41(48)32-25-20-27-34-45(51)57-43(38-56-58(52,53)55-36-42(49)35-46)37-54-44(50)33-26-19-15-10-8-6-7-9-12-16-22-28-39(2)3/h5,13-14,17-18,21,23-25,30-32,39-43,46-49H,4,6-12,15-16,19-20,22,26-29,33-38H2,1-3H3,(H,52,53)/b17-13-,18-14-,21-5-,30-23+,31-24+,32-25-/t40-,41-,42-,43+/m0/s1. The lowest BCUT2D eigenvalue weighted by molar-refractivity contribution is -0.161. The molecule has 0 aromatic carbocycles. The van der Waals surface area contributed by atoms with E-state index in [1.165, 1.54) is 51.4 Å². The second-order valence-electron chi connectivity index (χ2n) is 14.9. The van der Waals surface area contributed by atoms with Crippen molar-refractivity contribution in [1.29, 1.82) is 0 Å². The molecule has 0 aromatic heterocycles. The zero-order valence-corrected chi connectivity index (χ0v) is 36.5. The largest absolute Gasteiger partial charge is 0.472 e. The van der Waals surface area contributed by atoms with Crippen LogP contribution in [0.25, 0.3) is 0 Å². The maximum absolute atomic E-state index is 12.6. The van der Waals surface area contributed by atoms with Crippen molar-refractivity contribution in [3.05, 3.63) is 72.9 Å². The molecule has 58 heavy (non-hydrogen) atoms. The molecule has 0 saturated heterocycles. The van der Waals surface area contributed by atoms with E-state index in [1.54, 1.807) is 30.4 Å². The minimum atomic E-state index is -4.68. The van der Waals surface area contributed by atoms with Crippen molar-refractivity contribution >= 4 is 19.8 Å². The molecule has 1 unspecified atom stereocenters. The Bertz CT molecular complexity index is 1240. The molecule has 334 valence electrons. The Morgan fingerprint density at radius 1 is 0.655 bits per heavy atom. The molecule has 0 aliphatic carbocycles. The average Bonchev–Trinajstić information content (AvgIpc) is 3.18. The summed E-state index contributed by atoms with van der Waals surface area (Å²) in [6.45, 7) is 4.26. The highest BCUT2D eigenvalue weighted by atomic mass is 31.2. The highest BCUT2D eigenvalue weighted by Gasteiger charge is 2.27. The second kappa shape index (κ2) is 38.5. The first-order valence-electron chi connectivity index (χ1n) is 21.5. The molecule has 0 saturated carbocycles. The van der Waals surface area contributed by atoms with Crippen LogP contribution >= 0.6 is 7.82 Å². The van der Waals surface area contributed by atoms with Gasteiger partial charge >= 0.3 is 19.8 Å². The van der Waals surface area contributed by atoms with Crippen molar-refractivity contribution in [2.75, 3.05) is 26.4 Å². The average molecular weight is 841 g/mol. The normalized spacial score (nSPS) is 15.7. The van der Waals surface area contributed by atoms with E-state index < -0.39 is 64.0 Å². The highest BCUT2D eigenvalue weighted by molar-refractivity contribution is 7.47. The number of carbonyl (C=O) groups excluding carboxylic acids is 2. The Morgan fingerprint density at radius 3 is 1.86 bits per heavy atom. The first-order valence-corrected chi connectivity index (χ1v) is 23.0. The minimum Gasteiger partial charge on any atom is -0.462 e. The lowest BCUT2D eigenvalue weighted by Gasteiger charge is -2.20. The fourth-order valence-corrected chi connectivity index (χ4v) is 6.18. The fraction of sp³-hybridized carbons (Fsp3) is 0.689. The van der Waals surface area contributed by atoms with Gasteiger partial charge in [-0.1, -0.05) is 164 Å². The smallest absolute Gasteiger partial charge is 0.462 e. The number of aliphatic hydroxyl groups excluding tert-OH is 4. The van der Waals surface area contributed by atoms with Gasteiger partial charge < -0.3 is 34.8 Å². The van der Waals surface area contributed by atoms with Gasteiger partial charge in [-0.05, 0) is 44.4 Å². The lowest BCUT2D eigenvalue weighted by atomic mass is 10.0. The number of unbranched alkanes of at least 4 members (excludes halogenated alkanes) is 11. The Hall–Kier alpha value is -2.67. The monoisotopic (exact) mass is 841 g/mol. The van der Waals surface area contributed by atoms with Crippen LogP contribution in [0.15, 0.2) is 72.9 Å². The molecule has 0 aliphatic rings. The summed E-state index contributed by atoms with van der Waals surface area (Å²) in [6, 6.07) is 0. The SMILES string of the molecule is CC/C=C\C[C@H](O)/C=C/C=C\C/C=C\C=C\[C@H](O)/C=C\CCCC(=O)O[C@H](COC(=O)CCCCCCCCCCCCCC(C)C)COP(=O)(O)OC[C@@H](O)CO. The molecular weight excluding hydrogens is 763 g/mol. The predicted molar refractivity (Wildman–Crippen MR) is 231 cm³/mol. The Morgan fingerprint density at radius 2 is 1.24 bits per heavy atom. The van der Waals surface area contributed by atoms with Gasteiger partial charge in [0.05, 0.1) is 32.0 Å². The summed E-state index contributed by atoms with van der Waals surface area (Å²) in [7, 11) is -4.68. The molecule has 0 heterocycles. The molecule has 0 spiro atoms. The van der Waals surface area contributed by atoms with Gasteiger partial charge in [-0.25, -0.2) is 4.57 Å². The van der Waals surface area contributed by atoms with Crippen molar-refractivity contribution in [2.45, 2.75) is 167 Å². The first-order chi connectivity index (χ1) is 27.9. The van der Waals surface area contributed by atoms with Crippen molar-refractivity contribution in [2.24, 2.45) is 5.92 Å². The lowest BCUT2D eigenvalue weighted by Crippen LogP contribution is -2.29. The summed E-state index contributed by atoms with van der Waals surface area (Å²) in [6.07, 6.45) is 35.2.